The van der Waals surface area contributed by atoms with Crippen molar-refractivity contribution in [2.45, 2.75) is 6.54 Å². The zero-order valence-corrected chi connectivity index (χ0v) is 13.6. The van der Waals surface area contributed by atoms with Crippen LogP contribution < -0.4 is 15.6 Å². The minimum atomic E-state index is -0.319. The Morgan fingerprint density at radius 2 is 2.08 bits per heavy atom. The molecule has 0 radical (unpaired) electrons. The van der Waals surface area contributed by atoms with Crippen LogP contribution in [0.25, 0.3) is 11.3 Å². The van der Waals surface area contributed by atoms with Gasteiger partial charge in [-0.3, -0.25) is 14.2 Å². The Morgan fingerprint density at radius 3 is 2.72 bits per heavy atom. The first-order chi connectivity index (χ1) is 12.2. The van der Waals surface area contributed by atoms with Gasteiger partial charge in [-0.2, -0.15) is 0 Å². The van der Waals surface area contributed by atoms with E-state index >= 15 is 0 Å². The van der Waals surface area contributed by atoms with Gasteiger partial charge in [0.15, 0.2) is 5.76 Å². The summed E-state index contributed by atoms with van der Waals surface area (Å²) in [5, 5.41) is 2.69. The summed E-state index contributed by atoms with van der Waals surface area (Å²) in [4.78, 5) is 28.3. The predicted molar refractivity (Wildman–Crippen MR) is 91.5 cm³/mol. The zero-order valence-electron chi connectivity index (χ0n) is 13.6. The SMILES string of the molecule is COc1ccc(-c2cc(=O)n(CCNC(=O)c3ccco3)cn2)cc1. The number of ether oxygens (including phenoxy) is 1. The number of hydrogen-bond acceptors (Lipinski definition) is 5. The number of carbonyl (C=O) groups is 1. The van der Waals surface area contributed by atoms with Gasteiger partial charge >= 0.3 is 0 Å². The van der Waals surface area contributed by atoms with Gasteiger partial charge in [-0.25, -0.2) is 4.98 Å². The number of methoxy groups -OCH3 is 1. The van der Waals surface area contributed by atoms with Gasteiger partial charge in [0.2, 0.25) is 0 Å². The Kier molecular flexibility index (Phi) is 4.94. The van der Waals surface area contributed by atoms with E-state index < -0.39 is 0 Å². The second kappa shape index (κ2) is 7.48. The number of hydrogen-bond donors (Lipinski definition) is 1. The van der Waals surface area contributed by atoms with Crippen LogP contribution in [-0.2, 0) is 6.54 Å². The van der Waals surface area contributed by atoms with Crippen molar-refractivity contribution in [2.75, 3.05) is 13.7 Å². The second-order valence-corrected chi connectivity index (χ2v) is 5.27. The van der Waals surface area contributed by atoms with Crippen LogP contribution in [0, 0.1) is 0 Å². The Labute approximate surface area is 143 Å². The van der Waals surface area contributed by atoms with E-state index in [-0.39, 0.29) is 17.2 Å². The lowest BCUT2D eigenvalue weighted by Gasteiger charge is -2.08. The summed E-state index contributed by atoms with van der Waals surface area (Å²) in [6.07, 6.45) is 2.90. The summed E-state index contributed by atoms with van der Waals surface area (Å²) in [7, 11) is 1.60. The summed E-state index contributed by atoms with van der Waals surface area (Å²) in [5.74, 6) is 0.658. The summed E-state index contributed by atoms with van der Waals surface area (Å²) < 4.78 is 11.6. The van der Waals surface area contributed by atoms with Crippen molar-refractivity contribution in [1.82, 2.24) is 14.9 Å². The van der Waals surface area contributed by atoms with Gasteiger partial charge in [-0.1, -0.05) is 0 Å². The third-order valence-electron chi connectivity index (χ3n) is 3.65. The molecule has 0 spiro atoms. The maximum atomic E-state index is 12.2. The highest BCUT2D eigenvalue weighted by molar-refractivity contribution is 5.91. The van der Waals surface area contributed by atoms with Gasteiger partial charge in [0.05, 0.1) is 25.4 Å². The van der Waals surface area contributed by atoms with Crippen LogP contribution in [0.3, 0.4) is 0 Å². The molecule has 0 aliphatic heterocycles. The molecule has 0 atom stereocenters. The van der Waals surface area contributed by atoms with Gasteiger partial charge in [-0.15, -0.1) is 0 Å². The van der Waals surface area contributed by atoms with Gasteiger partial charge in [0.1, 0.15) is 5.75 Å². The number of furan rings is 1. The quantitative estimate of drug-likeness (QED) is 0.742. The standard InChI is InChI=1S/C18H17N3O4/c1-24-14-6-4-13(5-7-14)15-11-17(22)21(12-20-15)9-8-19-18(23)16-3-2-10-25-16/h2-7,10-12H,8-9H2,1H3,(H,19,23). The Hall–Kier alpha value is -3.35. The topological polar surface area (TPSA) is 86.4 Å². The molecule has 0 saturated heterocycles. The minimum Gasteiger partial charge on any atom is -0.497 e. The van der Waals surface area contributed by atoms with E-state index in [0.717, 1.165) is 11.3 Å². The van der Waals surface area contributed by atoms with Crippen LogP contribution in [0.1, 0.15) is 10.6 Å². The van der Waals surface area contributed by atoms with E-state index in [1.165, 1.54) is 23.2 Å². The number of benzene rings is 1. The van der Waals surface area contributed by atoms with E-state index in [4.69, 9.17) is 9.15 Å². The van der Waals surface area contributed by atoms with Gasteiger partial charge < -0.3 is 14.5 Å². The Bertz CT molecular complexity index is 899. The molecule has 7 nitrogen and oxygen atoms in total. The van der Waals surface area contributed by atoms with Crippen molar-refractivity contribution in [1.29, 1.82) is 0 Å². The smallest absolute Gasteiger partial charge is 0.287 e. The fourth-order valence-electron chi connectivity index (χ4n) is 2.30. The number of carbonyl (C=O) groups excluding carboxylic acids is 1. The summed E-state index contributed by atoms with van der Waals surface area (Å²) in [6.45, 7) is 0.615. The molecule has 128 valence electrons. The molecule has 3 rings (SSSR count). The first-order valence-electron chi connectivity index (χ1n) is 7.70. The summed E-state index contributed by atoms with van der Waals surface area (Å²) >= 11 is 0. The van der Waals surface area contributed by atoms with Crippen LogP contribution in [-0.4, -0.2) is 29.1 Å². The average molecular weight is 339 g/mol. The molecule has 0 aliphatic rings. The first kappa shape index (κ1) is 16.5. The van der Waals surface area contributed by atoms with Gasteiger partial charge in [0.25, 0.3) is 11.5 Å². The molecule has 0 unspecified atom stereocenters. The molecule has 1 amide bonds. The van der Waals surface area contributed by atoms with Crippen molar-refractivity contribution in [2.24, 2.45) is 0 Å². The maximum Gasteiger partial charge on any atom is 0.287 e. The fourth-order valence-corrected chi connectivity index (χ4v) is 2.30. The molecule has 3 aromatic rings. The molecular weight excluding hydrogens is 322 g/mol. The van der Waals surface area contributed by atoms with Crippen molar-refractivity contribution in [3.8, 4) is 17.0 Å². The molecule has 2 aromatic heterocycles. The highest BCUT2D eigenvalue weighted by Crippen LogP contribution is 2.19. The minimum absolute atomic E-state index is 0.187. The largest absolute Gasteiger partial charge is 0.497 e. The van der Waals surface area contributed by atoms with Crippen molar-refractivity contribution in [3.63, 3.8) is 0 Å². The van der Waals surface area contributed by atoms with E-state index in [9.17, 15) is 9.59 Å². The van der Waals surface area contributed by atoms with Crippen molar-refractivity contribution in [3.05, 3.63) is 71.2 Å². The van der Waals surface area contributed by atoms with Crippen LogP contribution in [0.4, 0.5) is 0 Å². The number of nitrogens with one attached hydrogen (secondary N) is 1. The summed E-state index contributed by atoms with van der Waals surface area (Å²) in [6, 6.07) is 12.0. The van der Waals surface area contributed by atoms with Crippen LogP contribution >= 0.6 is 0 Å². The van der Waals surface area contributed by atoms with E-state index in [0.29, 0.717) is 18.8 Å². The molecule has 1 aromatic carbocycles. The maximum absolute atomic E-state index is 12.2. The Morgan fingerprint density at radius 1 is 1.28 bits per heavy atom. The monoisotopic (exact) mass is 339 g/mol. The van der Waals surface area contributed by atoms with Crippen molar-refractivity contribution < 1.29 is 13.9 Å². The highest BCUT2D eigenvalue weighted by atomic mass is 16.5. The van der Waals surface area contributed by atoms with Gasteiger partial charge in [-0.05, 0) is 36.4 Å². The molecule has 25 heavy (non-hydrogen) atoms. The van der Waals surface area contributed by atoms with Gasteiger partial charge in [0, 0.05) is 24.7 Å². The molecule has 0 bridgehead atoms. The van der Waals surface area contributed by atoms with E-state index in [1.807, 2.05) is 24.3 Å². The first-order valence-corrected chi connectivity index (χ1v) is 7.70. The van der Waals surface area contributed by atoms with Crippen LogP contribution in [0.15, 0.2) is 64.3 Å². The Balaban J connectivity index is 1.63. The zero-order chi connectivity index (χ0) is 17.6. The number of amides is 1. The van der Waals surface area contributed by atoms with E-state index in [2.05, 4.69) is 10.3 Å². The third-order valence-corrected chi connectivity index (χ3v) is 3.65. The average Bonchev–Trinajstić information content (AvgIpc) is 3.18. The normalized spacial score (nSPS) is 10.4. The molecule has 7 heteroatoms. The fraction of sp³-hybridized carbons (Fsp3) is 0.167. The molecule has 0 saturated carbocycles. The predicted octanol–water partition coefficient (Wildman–Crippen LogP) is 1.94. The second-order valence-electron chi connectivity index (χ2n) is 5.27. The molecule has 0 fully saturated rings. The molecule has 0 aliphatic carbocycles. The van der Waals surface area contributed by atoms with Crippen LogP contribution in [0.2, 0.25) is 0 Å². The molecule has 1 N–H and O–H groups in total. The van der Waals surface area contributed by atoms with E-state index in [1.54, 1.807) is 19.2 Å². The number of rotatable bonds is 6. The third kappa shape index (κ3) is 3.95. The molecular formula is C18H17N3O4. The van der Waals surface area contributed by atoms with Crippen molar-refractivity contribution >= 4 is 5.91 Å². The number of aromatic nitrogens is 2. The summed E-state index contributed by atoms with van der Waals surface area (Å²) in [5.41, 5.74) is 1.23. The lowest BCUT2D eigenvalue weighted by atomic mass is 10.1. The lowest BCUT2D eigenvalue weighted by molar-refractivity contribution is 0.0924. The molecule has 2 heterocycles. The van der Waals surface area contributed by atoms with Crippen LogP contribution in [0.5, 0.6) is 5.75 Å². The number of nitrogens with zero attached hydrogens (tertiary/aromatic N) is 2. The lowest BCUT2D eigenvalue weighted by Crippen LogP contribution is -2.30. The highest BCUT2D eigenvalue weighted by Gasteiger charge is 2.08.